The van der Waals surface area contributed by atoms with E-state index in [0.717, 1.165) is 12.1 Å². The Morgan fingerprint density at radius 1 is 1.33 bits per heavy atom. The highest BCUT2D eigenvalue weighted by Gasteiger charge is 2.19. The highest BCUT2D eigenvalue weighted by atomic mass is 19.1. The number of nitrogens with one attached hydrogen (secondary N) is 2. The van der Waals surface area contributed by atoms with Crippen LogP contribution in [0.25, 0.3) is 0 Å². The molecule has 0 saturated heterocycles. The maximum Gasteiger partial charge on any atom is 0.315 e. The van der Waals surface area contributed by atoms with E-state index < -0.39 is 29.8 Å². The van der Waals surface area contributed by atoms with Crippen LogP contribution in [-0.2, 0) is 0 Å². The minimum atomic E-state index is -0.974. The molecular weight excluding hydrogens is 318 g/mol. The monoisotopic (exact) mass is 338 g/mol. The standard InChI is InChI=1S/C17H20F2N2O3/c1-2-4-14(12-7-6-11(18)9-13(12)19)21-17(23)20-10-15(22)16-5-3-8-24-16/h3,5-9,14-15,22H,2,4,10H2,1H3,(H2,20,21,23). The fourth-order valence-electron chi connectivity index (χ4n) is 2.36. The minimum absolute atomic E-state index is 0.0515. The molecule has 0 radical (unpaired) electrons. The molecule has 3 N–H and O–H groups in total. The number of rotatable bonds is 7. The van der Waals surface area contributed by atoms with Gasteiger partial charge in [-0.3, -0.25) is 0 Å². The second-order valence-corrected chi connectivity index (χ2v) is 5.39. The molecule has 5 nitrogen and oxygen atoms in total. The third-order valence-corrected chi connectivity index (χ3v) is 3.55. The fraction of sp³-hybridized carbons (Fsp3) is 0.353. The molecule has 2 rings (SSSR count). The number of hydrogen-bond donors (Lipinski definition) is 3. The molecule has 2 unspecified atom stereocenters. The Balaban J connectivity index is 1.95. The highest BCUT2D eigenvalue weighted by molar-refractivity contribution is 5.74. The summed E-state index contributed by atoms with van der Waals surface area (Å²) in [5.41, 5.74) is 0.222. The lowest BCUT2D eigenvalue weighted by atomic mass is 10.0. The summed E-state index contributed by atoms with van der Waals surface area (Å²) in [7, 11) is 0. The number of carbonyl (C=O) groups is 1. The van der Waals surface area contributed by atoms with E-state index in [1.807, 2.05) is 6.92 Å². The van der Waals surface area contributed by atoms with E-state index >= 15 is 0 Å². The van der Waals surface area contributed by atoms with Crippen molar-refractivity contribution >= 4 is 6.03 Å². The van der Waals surface area contributed by atoms with E-state index in [-0.39, 0.29) is 12.1 Å². The van der Waals surface area contributed by atoms with Gasteiger partial charge in [-0.2, -0.15) is 0 Å². The molecule has 0 aliphatic rings. The molecular formula is C17H20F2N2O3. The number of hydrogen-bond acceptors (Lipinski definition) is 3. The van der Waals surface area contributed by atoms with Crippen molar-refractivity contribution in [2.24, 2.45) is 0 Å². The van der Waals surface area contributed by atoms with Crippen molar-refractivity contribution in [2.45, 2.75) is 31.9 Å². The summed E-state index contributed by atoms with van der Waals surface area (Å²) in [6.07, 6.45) is 1.65. The quantitative estimate of drug-likeness (QED) is 0.724. The molecule has 2 atom stereocenters. The number of urea groups is 1. The SMILES string of the molecule is CCCC(NC(=O)NCC(O)c1ccco1)c1ccc(F)cc1F. The lowest BCUT2D eigenvalue weighted by Gasteiger charge is -2.20. The first-order valence-corrected chi connectivity index (χ1v) is 7.72. The van der Waals surface area contributed by atoms with Gasteiger partial charge in [0.15, 0.2) is 0 Å². The summed E-state index contributed by atoms with van der Waals surface area (Å²) in [6, 6.07) is 5.35. The molecule has 1 heterocycles. The first-order valence-electron chi connectivity index (χ1n) is 7.72. The molecule has 0 aliphatic heterocycles. The summed E-state index contributed by atoms with van der Waals surface area (Å²) in [6.45, 7) is 1.85. The van der Waals surface area contributed by atoms with Gasteiger partial charge >= 0.3 is 6.03 Å². The lowest BCUT2D eigenvalue weighted by Crippen LogP contribution is -2.40. The van der Waals surface area contributed by atoms with Gasteiger partial charge in [0.2, 0.25) is 0 Å². The Morgan fingerprint density at radius 3 is 2.75 bits per heavy atom. The average molecular weight is 338 g/mol. The molecule has 1 aromatic heterocycles. The first-order chi connectivity index (χ1) is 11.5. The van der Waals surface area contributed by atoms with Crippen molar-refractivity contribution in [1.29, 1.82) is 0 Å². The molecule has 0 spiro atoms. The molecule has 0 saturated carbocycles. The number of halogens is 2. The number of aliphatic hydroxyl groups excluding tert-OH is 1. The van der Waals surface area contributed by atoms with Gasteiger partial charge in [0, 0.05) is 11.6 Å². The van der Waals surface area contributed by atoms with Gasteiger partial charge in [0.05, 0.1) is 18.8 Å². The van der Waals surface area contributed by atoms with E-state index in [1.54, 1.807) is 12.1 Å². The number of aliphatic hydroxyl groups is 1. The van der Waals surface area contributed by atoms with Crippen LogP contribution < -0.4 is 10.6 Å². The Morgan fingerprint density at radius 2 is 2.12 bits per heavy atom. The van der Waals surface area contributed by atoms with Crippen LogP contribution in [0, 0.1) is 11.6 Å². The van der Waals surface area contributed by atoms with E-state index in [0.29, 0.717) is 18.6 Å². The predicted octanol–water partition coefficient (Wildman–Crippen LogP) is 3.43. The van der Waals surface area contributed by atoms with Crippen molar-refractivity contribution in [3.63, 3.8) is 0 Å². The summed E-state index contributed by atoms with van der Waals surface area (Å²) in [4.78, 5) is 12.0. The molecule has 0 bridgehead atoms. The first kappa shape index (κ1) is 17.9. The second kappa shape index (κ2) is 8.44. The maximum absolute atomic E-state index is 13.9. The van der Waals surface area contributed by atoms with Crippen LogP contribution in [0.3, 0.4) is 0 Å². The average Bonchev–Trinajstić information content (AvgIpc) is 3.07. The van der Waals surface area contributed by atoms with E-state index in [4.69, 9.17) is 4.42 Å². The molecule has 7 heteroatoms. The smallest absolute Gasteiger partial charge is 0.315 e. The normalized spacial score (nSPS) is 13.3. The number of benzene rings is 1. The van der Waals surface area contributed by atoms with Crippen molar-refractivity contribution in [2.75, 3.05) is 6.54 Å². The van der Waals surface area contributed by atoms with Crippen LogP contribution >= 0.6 is 0 Å². The van der Waals surface area contributed by atoms with E-state index in [9.17, 15) is 18.7 Å². The highest BCUT2D eigenvalue weighted by Crippen LogP contribution is 2.22. The zero-order valence-electron chi connectivity index (χ0n) is 13.3. The van der Waals surface area contributed by atoms with Gasteiger partial charge in [-0.1, -0.05) is 19.4 Å². The molecule has 0 aliphatic carbocycles. The maximum atomic E-state index is 13.9. The summed E-state index contributed by atoms with van der Waals surface area (Å²) in [5.74, 6) is -1.04. The summed E-state index contributed by atoms with van der Waals surface area (Å²) >= 11 is 0. The summed E-state index contributed by atoms with van der Waals surface area (Å²) in [5, 5.41) is 15.0. The number of amides is 2. The Hall–Kier alpha value is -2.41. The third kappa shape index (κ3) is 4.79. The van der Waals surface area contributed by atoms with Crippen LogP contribution in [0.15, 0.2) is 41.0 Å². The lowest BCUT2D eigenvalue weighted by molar-refractivity contribution is 0.147. The zero-order chi connectivity index (χ0) is 17.5. The van der Waals surface area contributed by atoms with E-state index in [1.165, 1.54) is 12.3 Å². The van der Waals surface area contributed by atoms with Crippen LogP contribution in [0.5, 0.6) is 0 Å². The van der Waals surface area contributed by atoms with Gasteiger partial charge in [0.1, 0.15) is 23.5 Å². The van der Waals surface area contributed by atoms with Gasteiger partial charge in [-0.25, -0.2) is 13.6 Å². The molecule has 130 valence electrons. The second-order valence-electron chi connectivity index (χ2n) is 5.39. The molecule has 24 heavy (non-hydrogen) atoms. The van der Waals surface area contributed by atoms with Gasteiger partial charge in [0.25, 0.3) is 0 Å². The predicted molar refractivity (Wildman–Crippen MR) is 84.2 cm³/mol. The Bertz CT molecular complexity index is 662. The fourth-order valence-corrected chi connectivity index (χ4v) is 2.36. The van der Waals surface area contributed by atoms with Crippen molar-refractivity contribution in [1.82, 2.24) is 10.6 Å². The van der Waals surface area contributed by atoms with Crippen LogP contribution in [0.1, 0.15) is 43.2 Å². The Labute approximate surface area is 138 Å². The van der Waals surface area contributed by atoms with Gasteiger partial charge in [-0.15, -0.1) is 0 Å². The van der Waals surface area contributed by atoms with Crippen molar-refractivity contribution in [3.05, 3.63) is 59.6 Å². The molecule has 0 fully saturated rings. The largest absolute Gasteiger partial charge is 0.467 e. The Kier molecular flexibility index (Phi) is 6.31. The van der Waals surface area contributed by atoms with Crippen molar-refractivity contribution in [3.8, 4) is 0 Å². The third-order valence-electron chi connectivity index (χ3n) is 3.55. The topological polar surface area (TPSA) is 74.5 Å². The molecule has 2 aromatic rings. The van der Waals surface area contributed by atoms with Gasteiger partial charge < -0.3 is 20.2 Å². The van der Waals surface area contributed by atoms with Crippen LogP contribution in [-0.4, -0.2) is 17.7 Å². The molecule has 1 aromatic carbocycles. The minimum Gasteiger partial charge on any atom is -0.467 e. The number of carbonyl (C=O) groups excluding carboxylic acids is 1. The van der Waals surface area contributed by atoms with E-state index in [2.05, 4.69) is 10.6 Å². The van der Waals surface area contributed by atoms with Crippen LogP contribution in [0.2, 0.25) is 0 Å². The molecule has 2 amide bonds. The zero-order valence-corrected chi connectivity index (χ0v) is 13.3. The summed E-state index contributed by atoms with van der Waals surface area (Å²) < 4.78 is 32.0. The number of furan rings is 1. The van der Waals surface area contributed by atoms with Gasteiger partial charge in [-0.05, 0) is 24.6 Å². The van der Waals surface area contributed by atoms with Crippen molar-refractivity contribution < 1.29 is 23.1 Å². The van der Waals surface area contributed by atoms with Crippen LogP contribution in [0.4, 0.5) is 13.6 Å².